The molecule has 0 aromatic carbocycles. The van der Waals surface area contributed by atoms with Crippen molar-refractivity contribution in [2.24, 2.45) is 16.5 Å². The molecule has 0 aromatic rings. The van der Waals surface area contributed by atoms with Crippen LogP contribution in [0.4, 0.5) is 0 Å². The molecule has 1 amide bonds. The molecule has 0 bridgehead atoms. The number of rotatable bonds is 9. The van der Waals surface area contributed by atoms with Crippen LogP contribution in [0.15, 0.2) is 4.99 Å². The van der Waals surface area contributed by atoms with Crippen molar-refractivity contribution in [2.45, 2.75) is 44.3 Å². The molecular formula is C11H22N4O3. The summed E-state index contributed by atoms with van der Waals surface area (Å²) in [4.78, 5) is 25.5. The van der Waals surface area contributed by atoms with Crippen LogP contribution in [0.3, 0.4) is 0 Å². The second kappa shape index (κ2) is 7.78. The minimum absolute atomic E-state index is 0.0745. The molecule has 7 nitrogen and oxygen atoms in total. The Labute approximate surface area is 107 Å². The van der Waals surface area contributed by atoms with Crippen molar-refractivity contribution in [3.8, 4) is 0 Å². The van der Waals surface area contributed by atoms with E-state index in [1.54, 1.807) is 6.92 Å². The Bertz CT molecular complexity index is 305. The van der Waals surface area contributed by atoms with E-state index in [9.17, 15) is 9.59 Å². The maximum atomic E-state index is 11.4. The van der Waals surface area contributed by atoms with Gasteiger partial charge in [-0.3, -0.25) is 14.6 Å². The average molecular weight is 258 g/mol. The number of carbonyl (C=O) groups excluding carboxylic acids is 1. The van der Waals surface area contributed by atoms with Gasteiger partial charge >= 0.3 is 5.97 Å². The summed E-state index contributed by atoms with van der Waals surface area (Å²) in [6.07, 6.45) is 1.79. The summed E-state index contributed by atoms with van der Waals surface area (Å²) in [5.41, 5.74) is 10.0. The molecule has 0 spiro atoms. The summed E-state index contributed by atoms with van der Waals surface area (Å²) >= 11 is 0. The minimum atomic E-state index is -1.00. The number of amides is 1. The molecule has 0 radical (unpaired) electrons. The number of carboxylic acids is 1. The van der Waals surface area contributed by atoms with Crippen LogP contribution >= 0.6 is 0 Å². The molecule has 0 aromatic heterocycles. The summed E-state index contributed by atoms with van der Waals surface area (Å²) in [6, 6.07) is -0.835. The number of nitrogens with one attached hydrogen (secondary N) is 1. The molecule has 1 unspecified atom stereocenters. The van der Waals surface area contributed by atoms with Gasteiger partial charge in [0, 0.05) is 6.54 Å². The van der Waals surface area contributed by atoms with Gasteiger partial charge in [-0.2, -0.15) is 0 Å². The molecule has 0 saturated carbocycles. The molecule has 0 aliphatic carbocycles. The third kappa shape index (κ3) is 7.75. The third-order valence-corrected chi connectivity index (χ3v) is 2.46. The molecule has 18 heavy (non-hydrogen) atoms. The van der Waals surface area contributed by atoms with Crippen LogP contribution in [0.1, 0.15) is 32.6 Å². The number of hydrogen-bond donors (Lipinski definition) is 4. The SMILES string of the molecule is C=NC(C)(N)CC(=O)NCCCC[C@H](N)C(=O)O. The molecule has 104 valence electrons. The maximum absolute atomic E-state index is 11.4. The largest absolute Gasteiger partial charge is 0.480 e. The van der Waals surface area contributed by atoms with Crippen molar-refractivity contribution < 1.29 is 14.7 Å². The van der Waals surface area contributed by atoms with E-state index < -0.39 is 17.7 Å². The Balaban J connectivity index is 3.64. The molecule has 0 aliphatic heterocycles. The number of nitrogens with zero attached hydrogens (tertiary/aromatic N) is 1. The zero-order valence-corrected chi connectivity index (χ0v) is 10.7. The van der Waals surface area contributed by atoms with E-state index in [1.165, 1.54) is 0 Å². The number of nitrogens with two attached hydrogens (primary N) is 2. The predicted octanol–water partition coefficient (Wildman–Crippen LogP) is -0.550. The van der Waals surface area contributed by atoms with Crippen molar-refractivity contribution in [3.63, 3.8) is 0 Å². The highest BCUT2D eigenvalue weighted by Gasteiger charge is 2.19. The van der Waals surface area contributed by atoms with Crippen LogP contribution < -0.4 is 16.8 Å². The third-order valence-electron chi connectivity index (χ3n) is 2.46. The normalized spacial score (nSPS) is 15.5. The lowest BCUT2D eigenvalue weighted by Crippen LogP contribution is -2.40. The summed E-state index contributed by atoms with van der Waals surface area (Å²) in [5, 5.41) is 11.2. The first-order valence-corrected chi connectivity index (χ1v) is 5.80. The van der Waals surface area contributed by atoms with Crippen LogP contribution in [-0.2, 0) is 9.59 Å². The van der Waals surface area contributed by atoms with Gasteiger partial charge in [-0.1, -0.05) is 0 Å². The van der Waals surface area contributed by atoms with Gasteiger partial charge in [0.05, 0.1) is 6.42 Å². The highest BCUT2D eigenvalue weighted by molar-refractivity contribution is 5.77. The fraction of sp³-hybridized carbons (Fsp3) is 0.727. The van der Waals surface area contributed by atoms with Crippen molar-refractivity contribution in [2.75, 3.05) is 6.54 Å². The van der Waals surface area contributed by atoms with E-state index in [1.807, 2.05) is 0 Å². The Hall–Kier alpha value is -1.47. The van der Waals surface area contributed by atoms with Gasteiger partial charge < -0.3 is 21.9 Å². The fourth-order valence-corrected chi connectivity index (χ4v) is 1.28. The Morgan fingerprint density at radius 2 is 2.11 bits per heavy atom. The zero-order valence-electron chi connectivity index (χ0n) is 10.7. The standard InChI is InChI=1S/C11H22N4O3/c1-11(13,14-2)7-9(16)15-6-4-3-5-8(12)10(17)18/h8H,2-7,12-13H2,1H3,(H,15,16)(H,17,18)/t8-,11?/m0/s1. The van der Waals surface area contributed by atoms with E-state index in [0.29, 0.717) is 25.8 Å². The summed E-state index contributed by atoms with van der Waals surface area (Å²) in [5.74, 6) is -1.20. The van der Waals surface area contributed by atoms with Crippen molar-refractivity contribution >= 4 is 18.6 Å². The van der Waals surface area contributed by atoms with E-state index in [0.717, 1.165) is 0 Å². The Kier molecular flexibility index (Phi) is 7.14. The summed E-state index contributed by atoms with van der Waals surface area (Å²) in [7, 11) is 0. The first-order chi connectivity index (χ1) is 8.28. The van der Waals surface area contributed by atoms with E-state index in [2.05, 4.69) is 17.0 Å². The Morgan fingerprint density at radius 3 is 2.61 bits per heavy atom. The van der Waals surface area contributed by atoms with Gasteiger partial charge in [-0.25, -0.2) is 0 Å². The van der Waals surface area contributed by atoms with Crippen LogP contribution in [0.25, 0.3) is 0 Å². The molecule has 7 heteroatoms. The number of aliphatic imine (C=N–C) groups is 1. The van der Waals surface area contributed by atoms with Gasteiger partial charge in [0.1, 0.15) is 11.7 Å². The van der Waals surface area contributed by atoms with Crippen LogP contribution in [-0.4, -0.2) is 41.9 Å². The lowest BCUT2D eigenvalue weighted by Gasteiger charge is -2.18. The first kappa shape index (κ1) is 16.5. The molecule has 0 heterocycles. The first-order valence-electron chi connectivity index (χ1n) is 5.80. The highest BCUT2D eigenvalue weighted by Crippen LogP contribution is 2.05. The molecule has 6 N–H and O–H groups in total. The maximum Gasteiger partial charge on any atom is 0.320 e. The fourth-order valence-electron chi connectivity index (χ4n) is 1.28. The van der Waals surface area contributed by atoms with Crippen LogP contribution in [0.5, 0.6) is 0 Å². The van der Waals surface area contributed by atoms with Crippen LogP contribution in [0, 0.1) is 0 Å². The lowest BCUT2D eigenvalue weighted by atomic mass is 10.1. The number of unbranched alkanes of at least 4 members (excludes halogenated alkanes) is 1. The highest BCUT2D eigenvalue weighted by atomic mass is 16.4. The zero-order chi connectivity index (χ0) is 14.2. The second-order valence-corrected chi connectivity index (χ2v) is 4.48. The van der Waals surface area contributed by atoms with Crippen molar-refractivity contribution in [1.82, 2.24) is 5.32 Å². The lowest BCUT2D eigenvalue weighted by molar-refractivity contribution is -0.138. The molecular weight excluding hydrogens is 236 g/mol. The van der Waals surface area contributed by atoms with E-state index in [4.69, 9.17) is 16.6 Å². The number of carbonyl (C=O) groups is 2. The summed E-state index contributed by atoms with van der Waals surface area (Å²) < 4.78 is 0. The van der Waals surface area contributed by atoms with E-state index >= 15 is 0 Å². The quantitative estimate of drug-likeness (QED) is 0.325. The molecule has 0 rings (SSSR count). The smallest absolute Gasteiger partial charge is 0.320 e. The molecule has 0 fully saturated rings. The number of aliphatic carboxylic acids is 1. The van der Waals surface area contributed by atoms with Crippen LogP contribution in [0.2, 0.25) is 0 Å². The van der Waals surface area contributed by atoms with Gasteiger partial charge in [0.2, 0.25) is 5.91 Å². The van der Waals surface area contributed by atoms with Gasteiger partial charge in [0.15, 0.2) is 0 Å². The van der Waals surface area contributed by atoms with Gasteiger partial charge in [-0.15, -0.1) is 0 Å². The predicted molar refractivity (Wildman–Crippen MR) is 69.2 cm³/mol. The average Bonchev–Trinajstić information content (AvgIpc) is 2.27. The number of hydrogen-bond acceptors (Lipinski definition) is 5. The molecule has 2 atom stereocenters. The van der Waals surface area contributed by atoms with E-state index in [-0.39, 0.29) is 12.3 Å². The molecule has 0 saturated heterocycles. The minimum Gasteiger partial charge on any atom is -0.480 e. The van der Waals surface area contributed by atoms with Crippen molar-refractivity contribution in [1.29, 1.82) is 0 Å². The molecule has 0 aliphatic rings. The monoisotopic (exact) mass is 258 g/mol. The van der Waals surface area contributed by atoms with Gasteiger partial charge in [-0.05, 0) is 32.9 Å². The summed E-state index contributed by atoms with van der Waals surface area (Å²) in [6.45, 7) is 5.39. The second-order valence-electron chi connectivity index (χ2n) is 4.48. The van der Waals surface area contributed by atoms with Crippen molar-refractivity contribution in [3.05, 3.63) is 0 Å². The van der Waals surface area contributed by atoms with Gasteiger partial charge in [0.25, 0.3) is 0 Å². The number of carboxylic acid groups (broad SMARTS) is 1. The topological polar surface area (TPSA) is 131 Å². The Morgan fingerprint density at radius 1 is 1.50 bits per heavy atom.